The van der Waals surface area contributed by atoms with Crippen LogP contribution < -0.4 is 39.2 Å². The quantitative estimate of drug-likeness (QED) is 0.0346. The fourth-order valence-corrected chi connectivity index (χ4v) is 11.0. The number of aryl methyl sites for hydroxylation is 1. The van der Waals surface area contributed by atoms with E-state index < -0.39 is 42.5 Å². The first-order valence-electron chi connectivity index (χ1n) is 26.6. The number of phenolic OH excluding ortho intramolecular Hbond substituents is 1. The molecule has 2 amide bonds. The van der Waals surface area contributed by atoms with Gasteiger partial charge in [0.05, 0.1) is 59.1 Å². The molecule has 416 valence electrons. The molecule has 5 aromatic rings. The number of nitrogens with one attached hydrogen (secondary N) is 1. The molecule has 2 heterocycles. The van der Waals surface area contributed by atoms with Crippen LogP contribution in [0, 0.1) is 5.92 Å². The monoisotopic (exact) mass is 1090 g/mol. The molecular formula is C63H64N2O15. The molecule has 0 aromatic heterocycles. The van der Waals surface area contributed by atoms with E-state index in [-0.39, 0.29) is 52.0 Å². The SMILES string of the molecule is COc1ccc(CC[C@@H](OC(=O)[C@@H]2CCCCN2C(=O)C(c2cc(OC)c(OC)c(OC)c2)[C@@H]2C=CCCC2)c2cccc(OCC(=O)NCc3c(O)ccc4c(-c5ccccc5C(=O)O)c5ccc(=O)cc-5oc34)c2)cc1OC. The van der Waals surface area contributed by atoms with Gasteiger partial charge in [0.25, 0.3) is 5.91 Å². The average molecular weight is 1090 g/mol. The molecule has 17 nitrogen and oxygen atoms in total. The summed E-state index contributed by atoms with van der Waals surface area (Å²) in [5.74, 6) is -0.672. The standard InChI is InChI=1S/C63H64N2O15/c1-73-51-28-22-37(30-53(51)74-2)21-27-50(80-63(72)48-20-11-12-29-65(48)61(69)57(38-14-7-6-8-15-38)40-32-54(75-3)60(77-5)55(33-40)76-4)39-16-13-17-42(31-39)78-36-56(68)64-35-47-49(67)26-25-46-58(43-18-9-10-19-44(43)62(70)71)45-24-23-41(66)34-52(45)79-59(46)47/h7,9-10,13-14,16-19,22-26,28,30-34,38,48,50,57,67H,6,8,11-12,15,20-21,27,29,35-36H2,1-5H3,(H,64,68)(H,70,71)/t38-,48+,50-,57?/m1/s1. The van der Waals surface area contributed by atoms with Gasteiger partial charge in [0.2, 0.25) is 11.7 Å². The second kappa shape index (κ2) is 25.2. The van der Waals surface area contributed by atoms with Crippen molar-refractivity contribution in [3.8, 4) is 62.7 Å². The van der Waals surface area contributed by atoms with Crippen LogP contribution in [-0.4, -0.2) is 93.6 Å². The number of phenols is 1. The molecule has 3 N–H and O–H groups in total. The summed E-state index contributed by atoms with van der Waals surface area (Å²) >= 11 is 0. The number of hydrogen-bond acceptors (Lipinski definition) is 14. The number of carbonyl (C=O) groups excluding carboxylic acids is 3. The smallest absolute Gasteiger partial charge is 0.336 e. The Bertz CT molecular complexity index is 3450. The normalized spacial score (nSPS) is 15.8. The maximum atomic E-state index is 15.2. The van der Waals surface area contributed by atoms with Crippen LogP contribution in [0.4, 0.5) is 0 Å². The highest BCUT2D eigenvalue weighted by atomic mass is 16.5. The molecule has 1 fully saturated rings. The van der Waals surface area contributed by atoms with E-state index in [1.807, 2.05) is 36.4 Å². The Labute approximate surface area is 462 Å². The Kier molecular flexibility index (Phi) is 17.6. The van der Waals surface area contributed by atoms with Crippen molar-refractivity contribution in [2.75, 3.05) is 48.7 Å². The summed E-state index contributed by atoms with van der Waals surface area (Å²) in [6.07, 6.45) is 8.53. The van der Waals surface area contributed by atoms with Gasteiger partial charge in [-0.1, -0.05) is 48.6 Å². The summed E-state index contributed by atoms with van der Waals surface area (Å²) in [7, 11) is 7.72. The van der Waals surface area contributed by atoms with Crippen LogP contribution in [0.15, 0.2) is 131 Å². The average Bonchev–Trinajstić information content (AvgIpc) is 3.56. The molecule has 0 spiro atoms. The first-order chi connectivity index (χ1) is 38.8. The van der Waals surface area contributed by atoms with Gasteiger partial charge in [-0.2, -0.15) is 0 Å². The van der Waals surface area contributed by atoms with Crippen LogP contribution in [0.25, 0.3) is 33.4 Å². The molecule has 2 aliphatic carbocycles. The number of carboxylic acid groups (broad SMARTS) is 1. The number of ether oxygens (including phenoxy) is 7. The fraction of sp³-hybridized carbons (Fsp3) is 0.317. The number of carbonyl (C=O) groups is 4. The molecule has 9 rings (SSSR count). The Morgan fingerprint density at radius 3 is 2.25 bits per heavy atom. The van der Waals surface area contributed by atoms with Crippen molar-refractivity contribution in [1.82, 2.24) is 10.2 Å². The lowest BCUT2D eigenvalue weighted by atomic mass is 9.78. The summed E-state index contributed by atoms with van der Waals surface area (Å²) in [6, 6.07) is 29.0. The van der Waals surface area contributed by atoms with Gasteiger partial charge in [-0.25, -0.2) is 9.59 Å². The minimum Gasteiger partial charge on any atom is -0.507 e. The number of carboxylic acids is 1. The van der Waals surface area contributed by atoms with Gasteiger partial charge in [0.1, 0.15) is 35.0 Å². The van der Waals surface area contributed by atoms with Crippen molar-refractivity contribution in [3.05, 3.63) is 159 Å². The fourth-order valence-electron chi connectivity index (χ4n) is 11.0. The van der Waals surface area contributed by atoms with Crippen LogP contribution >= 0.6 is 0 Å². The molecule has 80 heavy (non-hydrogen) atoms. The van der Waals surface area contributed by atoms with Gasteiger partial charge < -0.3 is 58.0 Å². The predicted octanol–water partition coefficient (Wildman–Crippen LogP) is 10.4. The minimum absolute atomic E-state index is 0.0210. The molecule has 1 unspecified atom stereocenters. The Balaban J connectivity index is 0.965. The third-order valence-corrected chi connectivity index (χ3v) is 14.9. The second-order valence-corrected chi connectivity index (χ2v) is 19.7. The number of benzene rings is 6. The molecular weight excluding hydrogens is 1020 g/mol. The summed E-state index contributed by atoms with van der Waals surface area (Å²) in [5.41, 5.74) is 3.49. The molecule has 0 saturated carbocycles. The number of rotatable bonds is 21. The van der Waals surface area contributed by atoms with Gasteiger partial charge in [0, 0.05) is 29.1 Å². The van der Waals surface area contributed by atoms with Crippen LogP contribution in [0.5, 0.6) is 40.2 Å². The molecule has 4 aliphatic rings. The zero-order chi connectivity index (χ0) is 56.5. The number of esters is 1. The van der Waals surface area contributed by atoms with Crippen molar-refractivity contribution in [3.63, 3.8) is 0 Å². The Hall–Kier alpha value is -8.99. The van der Waals surface area contributed by atoms with E-state index in [0.29, 0.717) is 106 Å². The van der Waals surface area contributed by atoms with Gasteiger partial charge in [-0.15, -0.1) is 0 Å². The van der Waals surface area contributed by atoms with E-state index in [9.17, 15) is 29.4 Å². The van der Waals surface area contributed by atoms with Gasteiger partial charge >= 0.3 is 11.9 Å². The van der Waals surface area contributed by atoms with Crippen LogP contribution in [0.1, 0.15) is 89.6 Å². The van der Waals surface area contributed by atoms with E-state index in [1.165, 1.54) is 45.6 Å². The molecule has 17 heteroatoms. The second-order valence-electron chi connectivity index (χ2n) is 19.7. The zero-order valence-electron chi connectivity index (χ0n) is 45.3. The zero-order valence-corrected chi connectivity index (χ0v) is 45.3. The van der Waals surface area contributed by atoms with Crippen molar-refractivity contribution < 1.29 is 67.0 Å². The molecule has 2 aliphatic heterocycles. The van der Waals surface area contributed by atoms with Crippen molar-refractivity contribution >= 4 is 34.7 Å². The van der Waals surface area contributed by atoms with Crippen LogP contribution in [-0.2, 0) is 32.1 Å². The number of hydrogen-bond donors (Lipinski definition) is 3. The molecule has 0 radical (unpaired) electrons. The van der Waals surface area contributed by atoms with Gasteiger partial charge in [-0.05, 0) is 146 Å². The van der Waals surface area contributed by atoms with Gasteiger partial charge in [-0.3, -0.25) is 14.4 Å². The lowest BCUT2D eigenvalue weighted by molar-refractivity contribution is -0.163. The highest BCUT2D eigenvalue weighted by Crippen LogP contribution is 2.46. The number of piperidine rings is 1. The number of nitrogens with zero attached hydrogens (tertiary/aromatic N) is 1. The number of likely N-dealkylation sites (tertiary alicyclic amines) is 1. The summed E-state index contributed by atoms with van der Waals surface area (Å²) in [4.78, 5) is 70.4. The van der Waals surface area contributed by atoms with E-state index in [2.05, 4.69) is 17.5 Å². The number of fused-ring (bicyclic) bond motifs is 2. The topological polar surface area (TPSA) is 219 Å². The lowest BCUT2D eigenvalue weighted by Crippen LogP contribution is -2.51. The largest absolute Gasteiger partial charge is 0.507 e. The van der Waals surface area contributed by atoms with Crippen molar-refractivity contribution in [2.45, 2.75) is 76.0 Å². The highest BCUT2D eigenvalue weighted by Gasteiger charge is 2.41. The summed E-state index contributed by atoms with van der Waals surface area (Å²) in [5, 5.41) is 24.6. The number of amides is 2. The van der Waals surface area contributed by atoms with Gasteiger partial charge in [0.15, 0.2) is 35.0 Å². The number of aromatic carboxylic acids is 1. The van der Waals surface area contributed by atoms with Crippen molar-refractivity contribution in [2.24, 2.45) is 5.92 Å². The van der Waals surface area contributed by atoms with Crippen LogP contribution in [0.2, 0.25) is 0 Å². The summed E-state index contributed by atoms with van der Waals surface area (Å²) in [6.45, 7) is -0.328. The van der Waals surface area contributed by atoms with E-state index in [4.69, 9.17) is 37.6 Å². The molecule has 1 saturated heterocycles. The molecule has 0 bridgehead atoms. The third kappa shape index (κ3) is 12.0. The third-order valence-electron chi connectivity index (χ3n) is 14.9. The lowest BCUT2D eigenvalue weighted by Gasteiger charge is -2.39. The molecule has 5 aromatic carbocycles. The van der Waals surface area contributed by atoms with Crippen molar-refractivity contribution in [1.29, 1.82) is 0 Å². The van der Waals surface area contributed by atoms with E-state index in [1.54, 1.807) is 67.7 Å². The maximum absolute atomic E-state index is 15.2. The maximum Gasteiger partial charge on any atom is 0.336 e. The highest BCUT2D eigenvalue weighted by molar-refractivity contribution is 6.08. The minimum atomic E-state index is -1.16. The summed E-state index contributed by atoms with van der Waals surface area (Å²) < 4.78 is 47.0. The first kappa shape index (κ1) is 55.8. The first-order valence-corrected chi connectivity index (χ1v) is 26.6. The number of aromatic hydroxyl groups is 1. The number of allylic oxidation sites excluding steroid dienone is 2. The molecule has 4 atom stereocenters. The van der Waals surface area contributed by atoms with E-state index >= 15 is 4.79 Å². The predicted molar refractivity (Wildman–Crippen MR) is 298 cm³/mol. The van der Waals surface area contributed by atoms with Crippen LogP contribution in [0.3, 0.4) is 0 Å². The Morgan fingerprint density at radius 1 is 0.750 bits per heavy atom. The Morgan fingerprint density at radius 2 is 1.52 bits per heavy atom. The number of methoxy groups -OCH3 is 5. The van der Waals surface area contributed by atoms with E-state index in [0.717, 1.165) is 24.8 Å².